The van der Waals surface area contributed by atoms with Gasteiger partial charge in [0.05, 0.1) is 32.3 Å². The Kier molecular flexibility index (Phi) is 5.14. The molecule has 2 rings (SSSR count). The van der Waals surface area contributed by atoms with Gasteiger partial charge in [0, 0.05) is 0 Å². The first kappa shape index (κ1) is 21.3. The zero-order chi connectivity index (χ0) is 19.6. The molecule has 0 radical (unpaired) electrons. The highest BCUT2D eigenvalue weighted by Gasteiger charge is 2.61. The number of hydrogen-bond acceptors (Lipinski definition) is 0. The molecule has 0 bridgehead atoms. The van der Waals surface area contributed by atoms with Gasteiger partial charge in [-0.05, 0) is 0 Å². The summed E-state index contributed by atoms with van der Waals surface area (Å²) >= 11 is 0. The van der Waals surface area contributed by atoms with Crippen molar-refractivity contribution < 1.29 is 0 Å². The van der Waals surface area contributed by atoms with Crippen molar-refractivity contribution in [3.63, 3.8) is 0 Å². The van der Waals surface area contributed by atoms with Gasteiger partial charge in [0.25, 0.3) is 0 Å². The second kappa shape index (κ2) is 6.02. The molecule has 0 saturated heterocycles. The fraction of sp³-hybridized carbons (Fsp3) is 0.600. The summed E-state index contributed by atoms with van der Waals surface area (Å²) < 4.78 is 0. The molecule has 5 heteroatoms. The standard InChI is InChI=1S/C20H40Si5/c1-21(2,3)15-17-13-19(23(7,8)9)25(17)18(16-22(4,5)6)14-20(25)24(10,11)12/h13-16H,1-12H3. The Labute approximate surface area is 162 Å². The fourth-order valence-electron chi connectivity index (χ4n) is 4.31. The van der Waals surface area contributed by atoms with Crippen LogP contribution in [0.3, 0.4) is 0 Å². The molecule has 0 aromatic heterocycles. The van der Waals surface area contributed by atoms with Gasteiger partial charge in [0.2, 0.25) is 0 Å². The van der Waals surface area contributed by atoms with Gasteiger partial charge in [0.15, 0.2) is 8.07 Å². The smallest absolute Gasteiger partial charge is 0.0947 e. The summed E-state index contributed by atoms with van der Waals surface area (Å²) in [6, 6.07) is 0. The van der Waals surface area contributed by atoms with Crippen LogP contribution in [0, 0.1) is 0 Å². The molecule has 0 unspecified atom stereocenters. The molecule has 0 atom stereocenters. The van der Waals surface area contributed by atoms with Crippen LogP contribution in [0.25, 0.3) is 0 Å². The third kappa shape index (κ3) is 4.00. The first-order valence-corrected chi connectivity index (χ1v) is 26.0. The summed E-state index contributed by atoms with van der Waals surface area (Å²) in [5.41, 5.74) is 5.52. The molecule has 1 spiro atoms. The largest absolute Gasteiger partial charge is 0.162 e. The maximum atomic E-state index is 2.76. The number of allylic oxidation sites excluding steroid dienone is 4. The summed E-state index contributed by atoms with van der Waals surface area (Å²) in [6.07, 6.45) is 5.34. The molecule has 0 aromatic carbocycles. The molecule has 25 heavy (non-hydrogen) atoms. The molecule has 0 amide bonds. The quantitative estimate of drug-likeness (QED) is 0.437. The molecule has 0 aliphatic carbocycles. The van der Waals surface area contributed by atoms with Crippen LogP contribution in [0.2, 0.25) is 78.6 Å². The highest BCUT2D eigenvalue weighted by Crippen LogP contribution is 2.57. The van der Waals surface area contributed by atoms with E-state index in [1.165, 1.54) is 0 Å². The highest BCUT2D eigenvalue weighted by atomic mass is 28.4. The second-order valence-electron chi connectivity index (χ2n) is 12.3. The minimum Gasteiger partial charge on any atom is -0.0947 e. The van der Waals surface area contributed by atoms with Gasteiger partial charge in [-0.25, -0.2) is 0 Å². The monoisotopic (exact) mass is 420 g/mol. The van der Waals surface area contributed by atoms with E-state index < -0.39 is 40.4 Å². The summed E-state index contributed by atoms with van der Waals surface area (Å²) in [5, 5.41) is 3.60. The van der Waals surface area contributed by atoms with Gasteiger partial charge in [-0.2, -0.15) is 0 Å². The maximum Gasteiger partial charge on any atom is 0.162 e. The van der Waals surface area contributed by atoms with Crippen LogP contribution in [-0.2, 0) is 0 Å². The first-order valence-electron chi connectivity index (χ1n) is 9.81. The van der Waals surface area contributed by atoms with Crippen molar-refractivity contribution in [2.75, 3.05) is 0 Å². The number of rotatable bonds is 4. The van der Waals surface area contributed by atoms with Crippen LogP contribution >= 0.6 is 0 Å². The van der Waals surface area contributed by atoms with Gasteiger partial charge in [-0.3, -0.25) is 0 Å². The molecule has 2 aliphatic heterocycles. The van der Waals surface area contributed by atoms with E-state index in [1.54, 1.807) is 10.4 Å². The van der Waals surface area contributed by atoms with E-state index in [2.05, 4.69) is 102 Å². The molecular weight excluding hydrogens is 381 g/mol. The van der Waals surface area contributed by atoms with Gasteiger partial charge in [-0.15, -0.1) is 0 Å². The van der Waals surface area contributed by atoms with Crippen LogP contribution in [-0.4, -0.2) is 40.4 Å². The van der Waals surface area contributed by atoms with E-state index in [9.17, 15) is 0 Å². The molecule has 0 nitrogen and oxygen atoms in total. The van der Waals surface area contributed by atoms with Gasteiger partial charge < -0.3 is 0 Å². The lowest BCUT2D eigenvalue weighted by Gasteiger charge is -2.59. The Bertz CT molecular complexity index is 630. The van der Waals surface area contributed by atoms with Crippen molar-refractivity contribution in [2.24, 2.45) is 0 Å². The average Bonchev–Trinajstić information content (AvgIpc) is 2.23. The zero-order valence-corrected chi connectivity index (χ0v) is 23.8. The fourth-order valence-corrected chi connectivity index (χ4v) is 26.9. The predicted molar refractivity (Wildman–Crippen MR) is 131 cm³/mol. The topological polar surface area (TPSA) is 0 Å². The summed E-state index contributed by atoms with van der Waals surface area (Å²) in [4.78, 5) is 3.88. The van der Waals surface area contributed by atoms with E-state index in [4.69, 9.17) is 0 Å². The Morgan fingerprint density at radius 1 is 0.560 bits per heavy atom. The van der Waals surface area contributed by atoms with Crippen molar-refractivity contribution in [1.82, 2.24) is 0 Å². The Morgan fingerprint density at radius 3 is 1.04 bits per heavy atom. The Hall–Kier alpha value is 0.0444. The van der Waals surface area contributed by atoms with Crippen LogP contribution in [0.5, 0.6) is 0 Å². The van der Waals surface area contributed by atoms with Crippen molar-refractivity contribution in [2.45, 2.75) is 78.6 Å². The maximum absolute atomic E-state index is 2.76. The third-order valence-electron chi connectivity index (χ3n) is 5.07. The van der Waals surface area contributed by atoms with Crippen molar-refractivity contribution in [1.29, 1.82) is 0 Å². The normalized spacial score (nSPS) is 28.0. The highest BCUT2D eigenvalue weighted by molar-refractivity contribution is 7.28. The zero-order valence-electron chi connectivity index (χ0n) is 18.8. The minimum atomic E-state index is -1.66. The second-order valence-corrected chi connectivity index (χ2v) is 37.1. The summed E-state index contributed by atoms with van der Waals surface area (Å²) in [5.74, 6) is 0. The van der Waals surface area contributed by atoms with Crippen molar-refractivity contribution >= 4 is 40.4 Å². The Morgan fingerprint density at radius 2 is 0.840 bits per heavy atom. The molecule has 2 heterocycles. The van der Waals surface area contributed by atoms with Gasteiger partial charge >= 0.3 is 0 Å². The SMILES string of the molecule is C[Si](C)(C)C=C1C=C([Si](C)(C)C)[Si]12C(=C[Si](C)(C)C)C=C2[Si](C)(C)C. The molecular formula is C20H40Si5. The molecule has 0 saturated carbocycles. The molecule has 0 N–H and O–H groups in total. The number of hydrogen-bond donors (Lipinski definition) is 0. The molecule has 0 fully saturated rings. The van der Waals surface area contributed by atoms with Crippen molar-refractivity contribution in [3.8, 4) is 0 Å². The van der Waals surface area contributed by atoms with E-state index in [0.29, 0.717) is 0 Å². The minimum absolute atomic E-state index is 1.21. The first-order chi connectivity index (χ1) is 10.9. The van der Waals surface area contributed by atoms with Crippen LogP contribution in [0.1, 0.15) is 0 Å². The molecule has 2 aliphatic rings. The van der Waals surface area contributed by atoms with Crippen LogP contribution < -0.4 is 0 Å². The average molecular weight is 421 g/mol. The summed E-state index contributed by atoms with van der Waals surface area (Å²) in [7, 11) is -6.64. The lowest BCUT2D eigenvalue weighted by atomic mass is 10.5. The van der Waals surface area contributed by atoms with Crippen molar-refractivity contribution in [3.05, 3.63) is 43.6 Å². The van der Waals surface area contributed by atoms with Gasteiger partial charge in [0.1, 0.15) is 0 Å². The molecule has 140 valence electrons. The van der Waals surface area contributed by atoms with E-state index in [1.807, 2.05) is 9.64 Å². The van der Waals surface area contributed by atoms with E-state index in [-0.39, 0.29) is 0 Å². The van der Waals surface area contributed by atoms with E-state index in [0.717, 1.165) is 0 Å². The molecule has 0 aromatic rings. The lowest BCUT2D eigenvalue weighted by Crippen LogP contribution is -2.66. The van der Waals surface area contributed by atoms with Crippen LogP contribution in [0.15, 0.2) is 43.6 Å². The third-order valence-corrected chi connectivity index (χ3v) is 22.5. The van der Waals surface area contributed by atoms with Gasteiger partial charge in [-0.1, -0.05) is 122 Å². The lowest BCUT2D eigenvalue weighted by molar-refractivity contribution is 1.45. The Balaban J connectivity index is 2.78. The summed E-state index contributed by atoms with van der Waals surface area (Å²) in [6.45, 7) is 30.5. The predicted octanol–water partition coefficient (Wildman–Crippen LogP) is 6.83. The van der Waals surface area contributed by atoms with E-state index >= 15 is 0 Å². The van der Waals surface area contributed by atoms with Crippen LogP contribution in [0.4, 0.5) is 0 Å².